The van der Waals surface area contributed by atoms with Gasteiger partial charge < -0.3 is 19.1 Å². The van der Waals surface area contributed by atoms with Gasteiger partial charge in [0, 0.05) is 51.0 Å². The first-order valence-electron chi connectivity index (χ1n) is 15.1. The van der Waals surface area contributed by atoms with Gasteiger partial charge in [0.05, 0.1) is 13.1 Å². The van der Waals surface area contributed by atoms with Crippen LogP contribution < -0.4 is 10.2 Å². The van der Waals surface area contributed by atoms with Crippen LogP contribution in [0.2, 0.25) is 0 Å². The molecule has 1 N–H and O–H groups in total. The second kappa shape index (κ2) is 15.0. The predicted octanol–water partition coefficient (Wildman–Crippen LogP) is 4.49. The fourth-order valence-electron chi connectivity index (χ4n) is 4.97. The minimum Gasteiger partial charge on any atom is -0.444 e. The lowest BCUT2D eigenvalue weighted by Crippen LogP contribution is -2.48. The molecule has 3 amide bonds. The molecule has 2 aromatic carbocycles. The number of fused-ring (bicyclic) bond motifs is 1. The number of benzene rings is 2. The fraction of sp³-hybridized carbons (Fsp3) is 0.469. The number of nitrogens with zero attached hydrogens (tertiary/aromatic N) is 6. The summed E-state index contributed by atoms with van der Waals surface area (Å²) in [7, 11) is 1.65. The number of carbonyl (C=O) groups excluding carboxylic acids is 3. The van der Waals surface area contributed by atoms with Crippen molar-refractivity contribution < 1.29 is 28.0 Å². The van der Waals surface area contributed by atoms with Gasteiger partial charge in [-0.25, -0.2) is 14.2 Å². The van der Waals surface area contributed by atoms with Crippen molar-refractivity contribution in [3.63, 3.8) is 0 Å². The van der Waals surface area contributed by atoms with Crippen molar-refractivity contribution in [2.45, 2.75) is 59.2 Å². The number of hydrazine groups is 1. The number of aromatic nitrogens is 2. The Morgan fingerprint density at radius 2 is 1.78 bits per heavy atom. The summed E-state index contributed by atoms with van der Waals surface area (Å²) < 4.78 is 24.4. The van der Waals surface area contributed by atoms with Crippen LogP contribution in [0.25, 0.3) is 11.4 Å². The zero-order chi connectivity index (χ0) is 33.6. The number of ether oxygens (including phenoxy) is 1. The van der Waals surface area contributed by atoms with Crippen molar-refractivity contribution >= 4 is 35.2 Å². The standard InChI is InChI=1S/C32H41ClFN7O5/c1-7-39(31(44)45-32(3,4)5)12-13-41(26-15-22(9-8-21(26)2)30-36-27(16-33)46-37-30)29(43)18-35-17-28(42)38(6)40-19-23-10-11-25(34)14-24(23)20-40/h8-11,14-15,35H,7,12-13,16-20H2,1-6H3. The van der Waals surface area contributed by atoms with Gasteiger partial charge in [0.25, 0.3) is 5.91 Å². The minimum atomic E-state index is -0.672. The number of likely N-dealkylation sites (N-methyl/N-ethyl adjacent to an activating group) is 2. The molecule has 1 aliphatic heterocycles. The first-order chi connectivity index (χ1) is 21.8. The zero-order valence-corrected chi connectivity index (χ0v) is 27.9. The summed E-state index contributed by atoms with van der Waals surface area (Å²) in [6, 6.07) is 10.1. The van der Waals surface area contributed by atoms with Crippen molar-refractivity contribution in [3.05, 3.63) is 64.8 Å². The van der Waals surface area contributed by atoms with Crippen LogP contribution in [0.3, 0.4) is 0 Å². The van der Waals surface area contributed by atoms with Gasteiger partial charge >= 0.3 is 6.09 Å². The molecule has 4 rings (SSSR count). The van der Waals surface area contributed by atoms with Gasteiger partial charge in [0.15, 0.2) is 0 Å². The second-order valence-corrected chi connectivity index (χ2v) is 12.3. The number of nitrogens with one attached hydrogen (secondary N) is 1. The number of anilines is 1. The Bertz CT molecular complexity index is 1560. The molecule has 0 saturated carbocycles. The zero-order valence-electron chi connectivity index (χ0n) is 27.1. The molecule has 46 heavy (non-hydrogen) atoms. The van der Waals surface area contributed by atoms with Gasteiger partial charge in [-0.15, -0.1) is 11.6 Å². The lowest BCUT2D eigenvalue weighted by molar-refractivity contribution is -0.145. The topological polar surface area (TPSA) is 124 Å². The number of hydrogen-bond acceptors (Lipinski definition) is 9. The van der Waals surface area contributed by atoms with Crippen molar-refractivity contribution in [1.82, 2.24) is 30.4 Å². The summed E-state index contributed by atoms with van der Waals surface area (Å²) in [6.07, 6.45) is -0.480. The number of alkyl halides is 1. The summed E-state index contributed by atoms with van der Waals surface area (Å²) in [5, 5.41) is 10.3. The highest BCUT2D eigenvalue weighted by Gasteiger charge is 2.27. The molecule has 0 bridgehead atoms. The summed E-state index contributed by atoms with van der Waals surface area (Å²) in [6.45, 7) is 10.5. The van der Waals surface area contributed by atoms with Crippen LogP contribution >= 0.6 is 11.6 Å². The molecule has 0 spiro atoms. The van der Waals surface area contributed by atoms with E-state index in [2.05, 4.69) is 15.5 Å². The molecule has 3 aromatic rings. The van der Waals surface area contributed by atoms with Crippen LogP contribution in [0.5, 0.6) is 0 Å². The minimum absolute atomic E-state index is 0.0661. The largest absolute Gasteiger partial charge is 0.444 e. The molecule has 0 aliphatic carbocycles. The third-order valence-corrected chi connectivity index (χ3v) is 7.71. The van der Waals surface area contributed by atoms with Crippen LogP contribution in [-0.4, -0.2) is 88.3 Å². The number of carbonyl (C=O) groups is 3. The second-order valence-electron chi connectivity index (χ2n) is 12.0. The van der Waals surface area contributed by atoms with Gasteiger partial charge in [-0.05, 0) is 69.5 Å². The van der Waals surface area contributed by atoms with Gasteiger partial charge in [-0.3, -0.25) is 19.9 Å². The number of amides is 3. The first-order valence-corrected chi connectivity index (χ1v) is 15.6. The van der Waals surface area contributed by atoms with E-state index in [1.807, 2.05) is 31.0 Å². The molecule has 0 unspecified atom stereocenters. The van der Waals surface area contributed by atoms with Gasteiger partial charge in [0.2, 0.25) is 17.6 Å². The summed E-state index contributed by atoms with van der Waals surface area (Å²) >= 11 is 5.84. The molecule has 1 aromatic heterocycles. The van der Waals surface area contributed by atoms with Crippen LogP contribution in [0.1, 0.15) is 50.3 Å². The maximum absolute atomic E-state index is 13.8. The Morgan fingerprint density at radius 1 is 1.07 bits per heavy atom. The highest BCUT2D eigenvalue weighted by Crippen LogP contribution is 2.28. The first kappa shape index (κ1) is 34.8. The van der Waals surface area contributed by atoms with Gasteiger partial charge in [-0.1, -0.05) is 23.4 Å². The molecule has 2 heterocycles. The Balaban J connectivity index is 1.47. The number of rotatable bonds is 12. The monoisotopic (exact) mass is 657 g/mol. The normalized spacial score (nSPS) is 13.0. The predicted molar refractivity (Wildman–Crippen MR) is 171 cm³/mol. The molecule has 14 heteroatoms. The third-order valence-electron chi connectivity index (χ3n) is 7.48. The van der Waals surface area contributed by atoms with E-state index in [4.69, 9.17) is 20.9 Å². The highest BCUT2D eigenvalue weighted by molar-refractivity contribution is 6.16. The Labute approximate surface area is 273 Å². The summed E-state index contributed by atoms with van der Waals surface area (Å²) in [4.78, 5) is 47.0. The van der Waals surface area contributed by atoms with Crippen molar-refractivity contribution in [2.24, 2.45) is 0 Å². The Morgan fingerprint density at radius 3 is 2.46 bits per heavy atom. The molecular formula is C32H41ClFN7O5. The average molecular weight is 658 g/mol. The number of hydrogen-bond donors (Lipinski definition) is 1. The summed E-state index contributed by atoms with van der Waals surface area (Å²) in [5.41, 5.74) is 3.14. The van der Waals surface area contributed by atoms with Crippen molar-refractivity contribution in [1.29, 1.82) is 0 Å². The lowest BCUT2D eigenvalue weighted by atomic mass is 10.1. The maximum atomic E-state index is 13.8. The van der Waals surface area contributed by atoms with E-state index in [9.17, 15) is 18.8 Å². The van der Waals surface area contributed by atoms with Crippen molar-refractivity contribution in [3.8, 4) is 11.4 Å². The average Bonchev–Trinajstić information content (AvgIpc) is 3.65. The van der Waals surface area contributed by atoms with Gasteiger partial charge in [0.1, 0.15) is 17.3 Å². The Kier molecular flexibility index (Phi) is 11.4. The Hall–Kier alpha value is -4.07. The third kappa shape index (κ3) is 8.80. The van der Waals surface area contributed by atoms with E-state index in [1.165, 1.54) is 22.0 Å². The maximum Gasteiger partial charge on any atom is 0.410 e. The van der Waals surface area contributed by atoms with Crippen molar-refractivity contribution in [2.75, 3.05) is 44.7 Å². The molecule has 0 fully saturated rings. The molecule has 12 nitrogen and oxygen atoms in total. The quantitative estimate of drug-likeness (QED) is 0.281. The fourth-order valence-corrected chi connectivity index (χ4v) is 5.08. The number of aryl methyl sites for hydroxylation is 1. The van der Waals surface area contributed by atoms with Crippen LogP contribution in [-0.2, 0) is 33.3 Å². The number of halogens is 2. The smallest absolute Gasteiger partial charge is 0.410 e. The van der Waals surface area contributed by atoms with E-state index >= 15 is 0 Å². The highest BCUT2D eigenvalue weighted by atomic mass is 35.5. The van der Waals surface area contributed by atoms with Crippen LogP contribution in [0.4, 0.5) is 14.9 Å². The lowest BCUT2D eigenvalue weighted by Gasteiger charge is -2.30. The molecule has 0 saturated heterocycles. The van der Waals surface area contributed by atoms with E-state index in [0.717, 1.165) is 16.7 Å². The van der Waals surface area contributed by atoms with E-state index < -0.39 is 11.7 Å². The molecule has 0 atom stereocenters. The molecule has 248 valence electrons. The van der Waals surface area contributed by atoms with Gasteiger partial charge in [-0.2, -0.15) is 4.98 Å². The summed E-state index contributed by atoms with van der Waals surface area (Å²) in [5.74, 6) is -0.213. The molecule has 0 radical (unpaired) electrons. The van der Waals surface area contributed by atoms with Crippen LogP contribution in [0, 0.1) is 12.7 Å². The molecule has 1 aliphatic rings. The van der Waals surface area contributed by atoms with E-state index in [-0.39, 0.29) is 55.6 Å². The van der Waals surface area contributed by atoms with E-state index in [0.29, 0.717) is 36.7 Å². The van der Waals surface area contributed by atoms with E-state index in [1.54, 1.807) is 44.9 Å². The molecular weight excluding hydrogens is 617 g/mol. The van der Waals surface area contributed by atoms with Crippen LogP contribution in [0.15, 0.2) is 40.9 Å². The SMILES string of the molecule is CCN(CCN(C(=O)CNCC(=O)N(C)N1Cc2ccc(F)cc2C1)c1cc(-c2noc(CCl)n2)ccc1C)C(=O)OC(C)(C)C.